The van der Waals surface area contributed by atoms with Crippen LogP contribution in [0.15, 0.2) is 17.1 Å². The third-order valence-electron chi connectivity index (χ3n) is 5.12. The average molecular weight is 535 g/mol. The summed E-state index contributed by atoms with van der Waals surface area (Å²) in [5.74, 6) is 2.69. The summed E-state index contributed by atoms with van der Waals surface area (Å²) >= 11 is 0. The summed E-state index contributed by atoms with van der Waals surface area (Å²) in [5, 5.41) is 6.75. The number of hydrogen-bond donors (Lipinski definition) is 2. The molecular formula is C21H38IN5O3. The van der Waals surface area contributed by atoms with Crippen molar-refractivity contribution in [2.24, 2.45) is 4.99 Å². The van der Waals surface area contributed by atoms with Crippen LogP contribution in [0.2, 0.25) is 0 Å². The van der Waals surface area contributed by atoms with Gasteiger partial charge in [-0.25, -0.2) is 4.99 Å². The van der Waals surface area contributed by atoms with Crippen LogP contribution < -0.4 is 24.8 Å². The number of halogens is 1. The number of likely N-dealkylation sites (N-methyl/N-ethyl adjacent to an activating group) is 1. The van der Waals surface area contributed by atoms with E-state index in [2.05, 4.69) is 34.3 Å². The standard InChI is InChI=1S/C21H37N5O3.HI/c1-6-22-21(23-8-9-26-12-10-25(7-2)11-13-26)24-16-17-14-18(27-3)20(29-5)19(15-17)28-4;/h14-15H,6-13,16H2,1-5H3,(H2,22,23,24);1H. The van der Waals surface area contributed by atoms with Crippen molar-refractivity contribution in [1.29, 1.82) is 0 Å². The number of methoxy groups -OCH3 is 3. The van der Waals surface area contributed by atoms with Crippen LogP contribution in [0.4, 0.5) is 0 Å². The maximum Gasteiger partial charge on any atom is 0.203 e. The largest absolute Gasteiger partial charge is 0.493 e. The lowest BCUT2D eigenvalue weighted by Gasteiger charge is -2.34. The van der Waals surface area contributed by atoms with Gasteiger partial charge < -0.3 is 29.7 Å². The molecule has 0 aromatic heterocycles. The Bertz CT molecular complexity index is 627. The van der Waals surface area contributed by atoms with Crippen LogP contribution in [0.25, 0.3) is 0 Å². The predicted molar refractivity (Wildman–Crippen MR) is 133 cm³/mol. The van der Waals surface area contributed by atoms with Crippen molar-refractivity contribution in [3.63, 3.8) is 0 Å². The number of nitrogens with one attached hydrogen (secondary N) is 2. The minimum atomic E-state index is 0. The predicted octanol–water partition coefficient (Wildman–Crippen LogP) is 2.02. The number of guanidine groups is 1. The lowest BCUT2D eigenvalue weighted by atomic mass is 10.2. The maximum absolute atomic E-state index is 5.43. The SMILES string of the molecule is CCNC(=NCc1cc(OC)c(OC)c(OC)c1)NCCN1CCN(CC)CC1.I. The summed E-state index contributed by atoms with van der Waals surface area (Å²) in [4.78, 5) is 9.71. The van der Waals surface area contributed by atoms with Gasteiger partial charge in [-0.3, -0.25) is 4.90 Å². The van der Waals surface area contributed by atoms with E-state index in [0.29, 0.717) is 23.8 Å². The smallest absolute Gasteiger partial charge is 0.203 e. The Morgan fingerprint density at radius 3 is 2.03 bits per heavy atom. The number of piperazine rings is 1. The topological polar surface area (TPSA) is 70.6 Å². The molecule has 9 heteroatoms. The van der Waals surface area contributed by atoms with E-state index >= 15 is 0 Å². The van der Waals surface area contributed by atoms with Crippen molar-refractivity contribution in [3.05, 3.63) is 17.7 Å². The van der Waals surface area contributed by atoms with Gasteiger partial charge in [-0.2, -0.15) is 0 Å². The number of ether oxygens (including phenoxy) is 3. The minimum Gasteiger partial charge on any atom is -0.493 e. The molecule has 0 aliphatic carbocycles. The highest BCUT2D eigenvalue weighted by atomic mass is 127. The maximum atomic E-state index is 5.43. The second-order valence-corrected chi connectivity index (χ2v) is 6.93. The number of hydrogen-bond acceptors (Lipinski definition) is 6. The lowest BCUT2D eigenvalue weighted by Crippen LogP contribution is -2.49. The summed E-state index contributed by atoms with van der Waals surface area (Å²) in [6, 6.07) is 3.86. The number of benzene rings is 1. The highest BCUT2D eigenvalue weighted by Crippen LogP contribution is 2.38. The first-order valence-corrected chi connectivity index (χ1v) is 10.4. The molecule has 1 heterocycles. The van der Waals surface area contributed by atoms with Crippen LogP contribution in [0.1, 0.15) is 19.4 Å². The fourth-order valence-corrected chi connectivity index (χ4v) is 3.40. The first-order valence-electron chi connectivity index (χ1n) is 10.4. The van der Waals surface area contributed by atoms with Crippen molar-refractivity contribution in [1.82, 2.24) is 20.4 Å². The van der Waals surface area contributed by atoms with Crippen LogP contribution in [-0.2, 0) is 6.54 Å². The quantitative estimate of drug-likeness (QED) is 0.270. The molecule has 1 fully saturated rings. The minimum absolute atomic E-state index is 0. The zero-order valence-electron chi connectivity index (χ0n) is 19.0. The van der Waals surface area contributed by atoms with Gasteiger partial charge in [0.05, 0.1) is 27.9 Å². The molecule has 30 heavy (non-hydrogen) atoms. The van der Waals surface area contributed by atoms with Crippen LogP contribution >= 0.6 is 24.0 Å². The zero-order chi connectivity index (χ0) is 21.1. The van der Waals surface area contributed by atoms with E-state index in [1.807, 2.05) is 12.1 Å². The van der Waals surface area contributed by atoms with E-state index in [1.165, 1.54) is 0 Å². The van der Waals surface area contributed by atoms with Gasteiger partial charge in [0.25, 0.3) is 0 Å². The molecule has 0 saturated carbocycles. The normalized spacial score (nSPS) is 15.3. The van der Waals surface area contributed by atoms with Crippen molar-refractivity contribution in [2.45, 2.75) is 20.4 Å². The molecule has 1 aromatic rings. The van der Waals surface area contributed by atoms with Crippen LogP contribution in [0, 0.1) is 0 Å². The molecular weight excluding hydrogens is 497 g/mol. The molecule has 1 aliphatic heterocycles. The Balaban J connectivity index is 0.00000450. The van der Waals surface area contributed by atoms with E-state index < -0.39 is 0 Å². The second kappa shape index (κ2) is 14.5. The molecule has 2 N–H and O–H groups in total. The van der Waals surface area contributed by atoms with Gasteiger partial charge in [0.2, 0.25) is 5.75 Å². The fourth-order valence-electron chi connectivity index (χ4n) is 3.40. The summed E-state index contributed by atoms with van der Waals surface area (Å²) in [6.07, 6.45) is 0. The first kappa shape index (κ1) is 26.6. The van der Waals surface area contributed by atoms with Crippen molar-refractivity contribution in [2.75, 3.05) is 73.7 Å². The van der Waals surface area contributed by atoms with Gasteiger partial charge in [-0.15, -0.1) is 24.0 Å². The van der Waals surface area contributed by atoms with Gasteiger partial charge in [0.1, 0.15) is 0 Å². The molecule has 1 saturated heterocycles. The lowest BCUT2D eigenvalue weighted by molar-refractivity contribution is 0.139. The van der Waals surface area contributed by atoms with E-state index in [-0.39, 0.29) is 24.0 Å². The molecule has 0 bridgehead atoms. The van der Waals surface area contributed by atoms with Gasteiger partial charge in [-0.1, -0.05) is 6.92 Å². The summed E-state index contributed by atoms with van der Waals surface area (Å²) in [6.45, 7) is 13.2. The van der Waals surface area contributed by atoms with Crippen molar-refractivity contribution in [3.8, 4) is 17.2 Å². The first-order chi connectivity index (χ1) is 14.1. The third-order valence-corrected chi connectivity index (χ3v) is 5.12. The van der Waals surface area contributed by atoms with Crippen LogP contribution in [0.3, 0.4) is 0 Å². The second-order valence-electron chi connectivity index (χ2n) is 6.93. The molecule has 172 valence electrons. The molecule has 1 aromatic carbocycles. The monoisotopic (exact) mass is 535 g/mol. The highest BCUT2D eigenvalue weighted by molar-refractivity contribution is 14.0. The van der Waals surface area contributed by atoms with E-state index in [4.69, 9.17) is 19.2 Å². The molecule has 2 rings (SSSR count). The van der Waals surface area contributed by atoms with E-state index in [1.54, 1.807) is 21.3 Å². The van der Waals surface area contributed by atoms with Crippen LogP contribution in [-0.4, -0.2) is 89.4 Å². The van der Waals surface area contributed by atoms with Gasteiger partial charge >= 0.3 is 0 Å². The Hall–Kier alpha value is -1.46. The Morgan fingerprint density at radius 1 is 0.933 bits per heavy atom. The van der Waals surface area contributed by atoms with Gasteiger partial charge in [0, 0.05) is 45.8 Å². The molecule has 0 amide bonds. The number of aliphatic imine (C=N–C) groups is 1. The van der Waals surface area contributed by atoms with Crippen LogP contribution in [0.5, 0.6) is 17.2 Å². The number of nitrogens with zero attached hydrogens (tertiary/aromatic N) is 3. The summed E-state index contributed by atoms with van der Waals surface area (Å²) in [7, 11) is 4.85. The van der Waals surface area contributed by atoms with E-state index in [9.17, 15) is 0 Å². The molecule has 1 aliphatic rings. The average Bonchev–Trinajstić information content (AvgIpc) is 2.77. The summed E-state index contributed by atoms with van der Waals surface area (Å²) in [5.41, 5.74) is 0.993. The van der Waals surface area contributed by atoms with Gasteiger partial charge in [0.15, 0.2) is 17.5 Å². The third kappa shape index (κ3) is 7.99. The van der Waals surface area contributed by atoms with E-state index in [0.717, 1.165) is 63.9 Å². The van der Waals surface area contributed by atoms with Crippen molar-refractivity contribution < 1.29 is 14.2 Å². The Labute approximate surface area is 198 Å². The molecule has 0 atom stereocenters. The molecule has 0 spiro atoms. The van der Waals surface area contributed by atoms with Gasteiger partial charge in [-0.05, 0) is 31.2 Å². The zero-order valence-corrected chi connectivity index (χ0v) is 21.3. The fraction of sp³-hybridized carbons (Fsp3) is 0.667. The molecule has 0 unspecified atom stereocenters. The number of rotatable bonds is 10. The summed E-state index contributed by atoms with van der Waals surface area (Å²) < 4.78 is 16.2. The Kier molecular flexibility index (Phi) is 12.9. The highest BCUT2D eigenvalue weighted by Gasteiger charge is 2.15. The van der Waals surface area contributed by atoms with Crippen molar-refractivity contribution >= 4 is 29.9 Å². The molecule has 8 nitrogen and oxygen atoms in total. The molecule has 0 radical (unpaired) electrons. The Morgan fingerprint density at radius 2 is 1.53 bits per heavy atom.